The Morgan fingerprint density at radius 3 is 2.42 bits per heavy atom. The Kier molecular flexibility index (Phi) is 5.11. The molecule has 0 aliphatic heterocycles. The van der Waals surface area contributed by atoms with Crippen LogP contribution in [0.25, 0.3) is 0 Å². The largest absolute Gasteiger partial charge is 0.481 e. The molecule has 0 bridgehead atoms. The Hall–Kier alpha value is -1.82. The van der Waals surface area contributed by atoms with Gasteiger partial charge in [-0.1, -0.05) is 23.8 Å². The summed E-state index contributed by atoms with van der Waals surface area (Å²) in [4.78, 5) is 10.6. The van der Waals surface area contributed by atoms with Crippen LogP contribution in [0.2, 0.25) is 0 Å². The first-order valence-electron chi connectivity index (χ1n) is 5.76. The average Bonchev–Trinajstić information content (AvgIpc) is 2.31. The quantitative estimate of drug-likeness (QED) is 0.774. The summed E-state index contributed by atoms with van der Waals surface area (Å²) >= 11 is 0. The number of carboxylic acid groups (broad SMARTS) is 1. The predicted octanol–water partition coefficient (Wildman–Crippen LogP) is 1.79. The summed E-state index contributed by atoms with van der Waals surface area (Å²) in [5.74, 6) is -1.26. The third-order valence-corrected chi connectivity index (χ3v) is 4.24. The van der Waals surface area contributed by atoms with Crippen molar-refractivity contribution in [2.45, 2.75) is 13.3 Å². The smallest absolute Gasteiger partial charge is 0.305 e. The van der Waals surface area contributed by atoms with Gasteiger partial charge >= 0.3 is 5.97 Å². The molecule has 1 aromatic carbocycles. The summed E-state index contributed by atoms with van der Waals surface area (Å²) in [6, 6.07) is 6.90. The van der Waals surface area contributed by atoms with E-state index in [-0.39, 0.29) is 18.7 Å². The Bertz CT molecular complexity index is 549. The third kappa shape index (κ3) is 4.40. The number of carbonyl (C=O) groups is 1. The van der Waals surface area contributed by atoms with Gasteiger partial charge < -0.3 is 5.11 Å². The summed E-state index contributed by atoms with van der Waals surface area (Å²) in [5.41, 5.74) is 1.47. The van der Waals surface area contributed by atoms with Crippen molar-refractivity contribution < 1.29 is 18.3 Å². The van der Waals surface area contributed by atoms with Crippen LogP contribution >= 0.6 is 0 Å². The second kappa shape index (κ2) is 6.38. The third-order valence-electron chi connectivity index (χ3n) is 2.51. The van der Waals surface area contributed by atoms with Crippen LogP contribution in [0.1, 0.15) is 12.0 Å². The number of anilines is 1. The molecule has 0 fully saturated rings. The van der Waals surface area contributed by atoms with Crippen LogP contribution in [-0.2, 0) is 14.8 Å². The first kappa shape index (κ1) is 15.2. The fourth-order valence-corrected chi connectivity index (χ4v) is 2.87. The van der Waals surface area contributed by atoms with Crippen LogP contribution in [0.15, 0.2) is 36.9 Å². The molecular weight excluding hydrogens is 266 g/mol. The van der Waals surface area contributed by atoms with Gasteiger partial charge in [0.05, 0.1) is 17.9 Å². The molecule has 19 heavy (non-hydrogen) atoms. The highest BCUT2D eigenvalue weighted by molar-refractivity contribution is 7.92. The molecule has 1 aromatic rings. The Morgan fingerprint density at radius 1 is 1.37 bits per heavy atom. The molecule has 5 nitrogen and oxygen atoms in total. The molecule has 104 valence electrons. The predicted molar refractivity (Wildman–Crippen MR) is 74.8 cm³/mol. The van der Waals surface area contributed by atoms with Crippen LogP contribution in [-0.4, -0.2) is 31.8 Å². The number of carboxylic acids is 1. The molecule has 0 aliphatic carbocycles. The first-order chi connectivity index (χ1) is 8.86. The zero-order valence-electron chi connectivity index (χ0n) is 10.7. The Morgan fingerprint density at radius 2 is 1.95 bits per heavy atom. The number of aliphatic carboxylic acids is 1. The Balaban J connectivity index is 3.07. The van der Waals surface area contributed by atoms with E-state index in [1.165, 1.54) is 6.08 Å². The highest BCUT2D eigenvalue weighted by Crippen LogP contribution is 2.19. The second-order valence-corrected chi connectivity index (χ2v) is 6.06. The lowest BCUT2D eigenvalue weighted by molar-refractivity contribution is -0.136. The van der Waals surface area contributed by atoms with Crippen molar-refractivity contribution in [2.75, 3.05) is 16.6 Å². The zero-order valence-corrected chi connectivity index (χ0v) is 11.6. The van der Waals surface area contributed by atoms with E-state index in [1.54, 1.807) is 24.3 Å². The van der Waals surface area contributed by atoms with E-state index in [2.05, 4.69) is 6.58 Å². The van der Waals surface area contributed by atoms with E-state index < -0.39 is 16.0 Å². The maximum absolute atomic E-state index is 12.1. The number of aryl methyl sites for hydroxylation is 1. The van der Waals surface area contributed by atoms with Crippen molar-refractivity contribution in [1.82, 2.24) is 0 Å². The van der Waals surface area contributed by atoms with Gasteiger partial charge in [-0.25, -0.2) is 8.42 Å². The average molecular weight is 283 g/mol. The maximum atomic E-state index is 12.1. The molecule has 0 amide bonds. The maximum Gasteiger partial charge on any atom is 0.305 e. The summed E-state index contributed by atoms with van der Waals surface area (Å²) < 4.78 is 25.3. The number of nitrogens with zero attached hydrogens (tertiary/aromatic N) is 1. The van der Waals surface area contributed by atoms with Crippen molar-refractivity contribution in [3.05, 3.63) is 42.5 Å². The summed E-state index contributed by atoms with van der Waals surface area (Å²) in [6.45, 7) is 5.21. The molecule has 0 atom stereocenters. The summed E-state index contributed by atoms with van der Waals surface area (Å²) in [5, 5.41) is 8.71. The monoisotopic (exact) mass is 283 g/mol. The van der Waals surface area contributed by atoms with Crippen LogP contribution < -0.4 is 4.31 Å². The lowest BCUT2D eigenvalue weighted by Gasteiger charge is -2.23. The minimum absolute atomic E-state index is 0.0887. The topological polar surface area (TPSA) is 74.7 Å². The molecule has 0 saturated heterocycles. The van der Waals surface area contributed by atoms with Gasteiger partial charge in [-0.15, -0.1) is 6.58 Å². The van der Waals surface area contributed by atoms with E-state index in [9.17, 15) is 13.2 Å². The van der Waals surface area contributed by atoms with Gasteiger partial charge in [0.1, 0.15) is 0 Å². The van der Waals surface area contributed by atoms with Gasteiger partial charge in [-0.05, 0) is 19.1 Å². The molecule has 0 unspecified atom stereocenters. The fraction of sp³-hybridized carbons (Fsp3) is 0.308. The normalized spacial score (nSPS) is 11.0. The van der Waals surface area contributed by atoms with E-state index in [0.717, 1.165) is 9.87 Å². The molecule has 0 saturated carbocycles. The van der Waals surface area contributed by atoms with Crippen LogP contribution in [0.5, 0.6) is 0 Å². The number of hydrogen-bond acceptors (Lipinski definition) is 3. The van der Waals surface area contributed by atoms with Gasteiger partial charge in [0.25, 0.3) is 0 Å². The van der Waals surface area contributed by atoms with Gasteiger partial charge in [0, 0.05) is 6.54 Å². The van der Waals surface area contributed by atoms with Crippen LogP contribution in [0.4, 0.5) is 5.69 Å². The molecule has 0 aliphatic rings. The standard InChI is InChI=1S/C13H17NO4S/c1-3-10-19(17,18)14(9-8-13(15)16)12-6-4-11(2)5-7-12/h3-7H,1,8-10H2,2H3,(H,15,16). The molecule has 6 heteroatoms. The minimum atomic E-state index is -3.58. The minimum Gasteiger partial charge on any atom is -0.481 e. The number of rotatable bonds is 7. The van der Waals surface area contributed by atoms with Crippen molar-refractivity contribution in [3.63, 3.8) is 0 Å². The fourth-order valence-electron chi connectivity index (χ4n) is 1.58. The van der Waals surface area contributed by atoms with Crippen LogP contribution in [0.3, 0.4) is 0 Å². The zero-order chi connectivity index (χ0) is 14.5. The van der Waals surface area contributed by atoms with Crippen molar-refractivity contribution in [3.8, 4) is 0 Å². The molecular formula is C13H17NO4S. The Labute approximate surface area is 113 Å². The second-order valence-electron chi connectivity index (χ2n) is 4.12. The lowest BCUT2D eigenvalue weighted by atomic mass is 10.2. The molecule has 0 radical (unpaired) electrons. The van der Waals surface area contributed by atoms with E-state index in [4.69, 9.17) is 5.11 Å². The first-order valence-corrected chi connectivity index (χ1v) is 7.37. The number of benzene rings is 1. The molecule has 0 heterocycles. The molecule has 1 N–H and O–H groups in total. The summed E-state index contributed by atoms with van der Waals surface area (Å²) in [7, 11) is -3.58. The highest BCUT2D eigenvalue weighted by Gasteiger charge is 2.21. The van der Waals surface area contributed by atoms with Crippen molar-refractivity contribution >= 4 is 21.7 Å². The SMILES string of the molecule is C=CCS(=O)(=O)N(CCC(=O)O)c1ccc(C)cc1. The number of hydrogen-bond donors (Lipinski definition) is 1. The van der Waals surface area contributed by atoms with Crippen LogP contribution in [0, 0.1) is 6.92 Å². The molecule has 1 rings (SSSR count). The van der Waals surface area contributed by atoms with E-state index in [1.807, 2.05) is 6.92 Å². The van der Waals surface area contributed by atoms with Gasteiger partial charge in [-0.3, -0.25) is 9.10 Å². The van der Waals surface area contributed by atoms with Gasteiger partial charge in [-0.2, -0.15) is 0 Å². The highest BCUT2D eigenvalue weighted by atomic mass is 32.2. The summed E-state index contributed by atoms with van der Waals surface area (Å²) in [6.07, 6.45) is 1.04. The van der Waals surface area contributed by atoms with Crippen molar-refractivity contribution in [2.24, 2.45) is 0 Å². The van der Waals surface area contributed by atoms with Gasteiger partial charge in [0.2, 0.25) is 10.0 Å². The van der Waals surface area contributed by atoms with E-state index >= 15 is 0 Å². The van der Waals surface area contributed by atoms with E-state index in [0.29, 0.717) is 5.69 Å². The number of sulfonamides is 1. The van der Waals surface area contributed by atoms with Crippen molar-refractivity contribution in [1.29, 1.82) is 0 Å². The lowest BCUT2D eigenvalue weighted by Crippen LogP contribution is -2.34. The van der Waals surface area contributed by atoms with Gasteiger partial charge in [0.15, 0.2) is 0 Å². The molecule has 0 spiro atoms. The molecule has 0 aromatic heterocycles.